The Bertz CT molecular complexity index is 864. The second-order valence-corrected chi connectivity index (χ2v) is 9.68. The van der Waals surface area contributed by atoms with Crippen LogP contribution < -0.4 is 5.32 Å². The number of benzene rings is 2. The molecule has 1 N–H and O–H groups in total. The van der Waals surface area contributed by atoms with E-state index in [1.807, 2.05) is 60.7 Å². The summed E-state index contributed by atoms with van der Waals surface area (Å²) in [5, 5.41) is 2.71. The molecule has 2 saturated heterocycles. The van der Waals surface area contributed by atoms with Crippen LogP contribution in [0.1, 0.15) is 11.1 Å². The Morgan fingerprint density at radius 3 is 2.13 bits per heavy atom. The van der Waals surface area contributed by atoms with Gasteiger partial charge in [0.25, 0.3) is 9.70 Å². The average Bonchev–Trinajstić information content (AvgIpc) is 3.07. The third-order valence-corrected chi connectivity index (χ3v) is 5.71. The highest BCUT2D eigenvalue weighted by Gasteiger charge is 2.54. The van der Waals surface area contributed by atoms with Crippen molar-refractivity contribution in [2.24, 2.45) is 0 Å². The second-order valence-electron chi connectivity index (χ2n) is 7.40. The number of hydrogen-bond acceptors (Lipinski definition) is 5. The minimum absolute atomic E-state index is 0.292. The molecule has 0 aromatic heterocycles. The Balaban J connectivity index is 1.48. The molecular weight excluding hydrogens is 465 g/mol. The van der Waals surface area contributed by atoms with Crippen molar-refractivity contribution in [2.45, 2.75) is 47.7 Å². The molecule has 0 aliphatic carbocycles. The van der Waals surface area contributed by atoms with Gasteiger partial charge in [-0.05, 0) is 11.1 Å². The van der Waals surface area contributed by atoms with Gasteiger partial charge in [0, 0.05) is 0 Å². The van der Waals surface area contributed by atoms with Crippen LogP contribution in [0.3, 0.4) is 0 Å². The summed E-state index contributed by atoms with van der Waals surface area (Å²) < 4.78 is 22.0. The molecule has 31 heavy (non-hydrogen) atoms. The van der Waals surface area contributed by atoms with Gasteiger partial charge in [0.2, 0.25) is 0 Å². The van der Waals surface area contributed by atoms with E-state index in [9.17, 15) is 4.79 Å². The Morgan fingerprint density at radius 1 is 0.968 bits per heavy atom. The monoisotopic (exact) mass is 485 g/mol. The Morgan fingerprint density at radius 2 is 1.55 bits per heavy atom. The SMILES string of the molecule is O=C(N[C@H]1[C@H](OCc2ccccc2)O[C@@H]2CO[C@H]1[C@H]2OCc1ccccc1)C(Cl)(Cl)Cl. The van der Waals surface area contributed by atoms with E-state index in [1.165, 1.54) is 0 Å². The molecule has 6 nitrogen and oxygen atoms in total. The van der Waals surface area contributed by atoms with E-state index in [0.29, 0.717) is 19.8 Å². The topological polar surface area (TPSA) is 66.0 Å². The average molecular weight is 487 g/mol. The molecule has 1 amide bonds. The summed E-state index contributed by atoms with van der Waals surface area (Å²) >= 11 is 17.3. The molecule has 0 radical (unpaired) electrons. The summed E-state index contributed by atoms with van der Waals surface area (Å²) in [5.74, 6) is -0.782. The lowest BCUT2D eigenvalue weighted by Crippen LogP contribution is -2.62. The highest BCUT2D eigenvalue weighted by Crippen LogP contribution is 2.35. The molecule has 2 aliphatic rings. The number of nitrogens with one attached hydrogen (secondary N) is 1. The maximum absolute atomic E-state index is 12.4. The fourth-order valence-corrected chi connectivity index (χ4v) is 3.86. The zero-order chi connectivity index (χ0) is 21.8. The van der Waals surface area contributed by atoms with Crippen molar-refractivity contribution in [2.75, 3.05) is 6.61 Å². The van der Waals surface area contributed by atoms with Crippen molar-refractivity contribution < 1.29 is 23.7 Å². The Kier molecular flexibility index (Phi) is 7.39. The summed E-state index contributed by atoms with van der Waals surface area (Å²) in [7, 11) is 0. The Hall–Kier alpha value is -1.38. The first-order valence-electron chi connectivity index (χ1n) is 9.87. The van der Waals surface area contributed by atoms with E-state index in [0.717, 1.165) is 11.1 Å². The summed E-state index contributed by atoms with van der Waals surface area (Å²) in [4.78, 5) is 12.4. The van der Waals surface area contributed by atoms with Gasteiger partial charge in [-0.3, -0.25) is 4.79 Å². The van der Waals surface area contributed by atoms with Gasteiger partial charge in [-0.1, -0.05) is 95.5 Å². The van der Waals surface area contributed by atoms with Crippen LogP contribution in [0.5, 0.6) is 0 Å². The van der Waals surface area contributed by atoms with E-state index < -0.39 is 34.2 Å². The van der Waals surface area contributed by atoms with Gasteiger partial charge in [-0.15, -0.1) is 0 Å². The molecule has 0 saturated carbocycles. The lowest BCUT2D eigenvalue weighted by atomic mass is 9.99. The molecule has 2 aromatic carbocycles. The van der Waals surface area contributed by atoms with Gasteiger partial charge >= 0.3 is 0 Å². The number of carbonyl (C=O) groups excluding carboxylic acids is 1. The maximum Gasteiger partial charge on any atom is 0.272 e. The van der Waals surface area contributed by atoms with Gasteiger partial charge in [0.1, 0.15) is 24.4 Å². The number of amides is 1. The van der Waals surface area contributed by atoms with Gasteiger partial charge in [0.15, 0.2) is 6.29 Å². The molecule has 4 rings (SSSR count). The summed E-state index contributed by atoms with van der Waals surface area (Å²) in [6, 6.07) is 18.7. The first kappa shape index (κ1) is 22.8. The molecule has 5 atom stereocenters. The standard InChI is InChI=1S/C22H22Cl3NO5/c23-22(24,25)21(27)26-17-19-18(28-11-14-7-3-1-4-8-14)16(13-29-19)31-20(17)30-12-15-9-5-2-6-10-15/h1-10,16-20H,11-13H2,(H,26,27)/t16-,17-,18+,19-,20-/m1/s1. The van der Waals surface area contributed by atoms with E-state index in [-0.39, 0.29) is 6.10 Å². The van der Waals surface area contributed by atoms with Crippen molar-refractivity contribution in [1.29, 1.82) is 0 Å². The molecule has 2 aromatic rings. The van der Waals surface area contributed by atoms with Crippen molar-refractivity contribution >= 4 is 40.7 Å². The van der Waals surface area contributed by atoms with Crippen LogP contribution in [0.25, 0.3) is 0 Å². The van der Waals surface area contributed by atoms with E-state index in [4.69, 9.17) is 53.8 Å². The van der Waals surface area contributed by atoms with Crippen LogP contribution in [0.2, 0.25) is 0 Å². The highest BCUT2D eigenvalue weighted by atomic mass is 35.6. The lowest BCUT2D eigenvalue weighted by molar-refractivity contribution is -0.241. The Labute approximate surface area is 195 Å². The zero-order valence-corrected chi connectivity index (χ0v) is 18.7. The van der Waals surface area contributed by atoms with Crippen LogP contribution in [-0.2, 0) is 37.0 Å². The predicted molar refractivity (Wildman–Crippen MR) is 117 cm³/mol. The predicted octanol–water partition coefficient (Wildman–Crippen LogP) is 3.77. The molecule has 2 fully saturated rings. The number of rotatable bonds is 7. The van der Waals surface area contributed by atoms with Crippen LogP contribution in [0.4, 0.5) is 0 Å². The van der Waals surface area contributed by atoms with Crippen LogP contribution in [0.15, 0.2) is 60.7 Å². The maximum atomic E-state index is 12.4. The fourth-order valence-electron chi connectivity index (χ4n) is 3.69. The number of halogens is 3. The van der Waals surface area contributed by atoms with Crippen LogP contribution in [0, 0.1) is 0 Å². The third-order valence-electron chi connectivity index (χ3n) is 5.20. The van der Waals surface area contributed by atoms with Crippen molar-refractivity contribution in [3.05, 3.63) is 71.8 Å². The number of fused-ring (bicyclic) bond motifs is 2. The largest absolute Gasteiger partial charge is 0.370 e. The third kappa shape index (κ3) is 5.71. The zero-order valence-electron chi connectivity index (χ0n) is 16.5. The molecule has 166 valence electrons. The van der Waals surface area contributed by atoms with Gasteiger partial charge < -0.3 is 24.3 Å². The molecule has 2 heterocycles. The molecule has 9 heteroatoms. The minimum Gasteiger partial charge on any atom is -0.370 e. The number of ether oxygens (including phenoxy) is 4. The van der Waals surface area contributed by atoms with Crippen LogP contribution >= 0.6 is 34.8 Å². The van der Waals surface area contributed by atoms with E-state index >= 15 is 0 Å². The fraction of sp³-hybridized carbons (Fsp3) is 0.409. The van der Waals surface area contributed by atoms with Gasteiger partial charge in [-0.2, -0.15) is 0 Å². The highest BCUT2D eigenvalue weighted by molar-refractivity contribution is 6.76. The van der Waals surface area contributed by atoms with E-state index in [1.54, 1.807) is 0 Å². The lowest BCUT2D eigenvalue weighted by Gasteiger charge is -2.40. The summed E-state index contributed by atoms with van der Waals surface area (Å²) in [5.41, 5.74) is 1.99. The van der Waals surface area contributed by atoms with Crippen molar-refractivity contribution in [1.82, 2.24) is 5.32 Å². The summed E-state index contributed by atoms with van der Waals surface area (Å²) in [6.07, 6.45) is -2.04. The van der Waals surface area contributed by atoms with Crippen molar-refractivity contribution in [3.63, 3.8) is 0 Å². The number of carbonyl (C=O) groups is 1. The van der Waals surface area contributed by atoms with Crippen LogP contribution in [-0.4, -0.2) is 47.0 Å². The summed E-state index contributed by atoms with van der Waals surface area (Å²) in [6.45, 7) is 0.988. The first-order chi connectivity index (χ1) is 14.9. The van der Waals surface area contributed by atoms with Gasteiger partial charge in [0.05, 0.1) is 19.8 Å². The molecule has 2 aliphatic heterocycles. The minimum atomic E-state index is -2.13. The second kappa shape index (κ2) is 10.0. The molecular formula is C22H22Cl3NO5. The first-order valence-corrected chi connectivity index (χ1v) is 11.0. The quantitative estimate of drug-likeness (QED) is 0.604. The van der Waals surface area contributed by atoms with Crippen molar-refractivity contribution in [3.8, 4) is 0 Å². The number of alkyl halides is 3. The smallest absolute Gasteiger partial charge is 0.272 e. The molecule has 2 bridgehead atoms. The van der Waals surface area contributed by atoms with Gasteiger partial charge in [-0.25, -0.2) is 0 Å². The molecule has 0 spiro atoms. The van der Waals surface area contributed by atoms with E-state index in [2.05, 4.69) is 5.32 Å². The molecule has 0 unspecified atom stereocenters. The normalized spacial score (nSPS) is 27.8. The number of hydrogen-bond donors (Lipinski definition) is 1.